The number of alkyl halides is 3. The predicted molar refractivity (Wildman–Crippen MR) is 62.2 cm³/mol. The number of nitrogens with one attached hydrogen (secondary N) is 1. The molecule has 5 nitrogen and oxygen atoms in total. The second-order valence-electron chi connectivity index (χ2n) is 4.82. The molecule has 1 unspecified atom stereocenters. The first-order valence-electron chi connectivity index (χ1n) is 5.68. The van der Waals surface area contributed by atoms with Crippen LogP contribution in [0.3, 0.4) is 0 Å². The van der Waals surface area contributed by atoms with Gasteiger partial charge in [-0.1, -0.05) is 0 Å². The molecule has 1 atom stereocenters. The summed E-state index contributed by atoms with van der Waals surface area (Å²) in [5, 5.41) is 3.08. The number of nitrogens with zero attached hydrogens (tertiary/aromatic N) is 2. The summed E-state index contributed by atoms with van der Waals surface area (Å²) >= 11 is 0.586. The van der Waals surface area contributed by atoms with Crippen LogP contribution in [0.4, 0.5) is 13.2 Å². The molecule has 2 heterocycles. The van der Waals surface area contributed by atoms with Gasteiger partial charge in [0.1, 0.15) is 12.7 Å². The number of hydrogen-bond donors (Lipinski definition) is 1. The number of hydrogen-bond acceptors (Lipinski definition) is 6. The minimum absolute atomic E-state index is 0.0979. The summed E-state index contributed by atoms with van der Waals surface area (Å²) in [5.41, 5.74) is -0.315. The first-order valence-corrected chi connectivity index (χ1v) is 6.46. The molecule has 9 heteroatoms. The van der Waals surface area contributed by atoms with Crippen LogP contribution in [0.25, 0.3) is 0 Å². The Balaban J connectivity index is 1.87. The summed E-state index contributed by atoms with van der Waals surface area (Å²) in [7, 11) is 0. The summed E-state index contributed by atoms with van der Waals surface area (Å²) in [6, 6.07) is 0. The Labute approximate surface area is 112 Å². The second-order valence-corrected chi connectivity index (χ2v) is 5.54. The maximum Gasteiger partial charge on any atom is 0.452 e. The van der Waals surface area contributed by atoms with E-state index in [1.54, 1.807) is 0 Å². The van der Waals surface area contributed by atoms with E-state index in [0.717, 1.165) is 6.54 Å². The Morgan fingerprint density at radius 1 is 1.53 bits per heavy atom. The molecule has 1 aliphatic heterocycles. The van der Waals surface area contributed by atoms with Crippen molar-refractivity contribution in [2.45, 2.75) is 31.7 Å². The average Bonchev–Trinajstić information content (AvgIpc) is 2.73. The van der Waals surface area contributed by atoms with Crippen molar-refractivity contribution < 1.29 is 22.6 Å². The Bertz CT molecular complexity index is 436. The maximum absolute atomic E-state index is 12.3. The standard InChI is InChI=1S/C10H14F3N3O2S/c1-9(2)5-14-3-6(18-9)4-17-8-15-7(16-19-8)10(11,12)13/h6,14H,3-5H2,1-2H3. The highest BCUT2D eigenvalue weighted by molar-refractivity contribution is 7.07. The van der Waals surface area contributed by atoms with E-state index in [1.807, 2.05) is 13.8 Å². The molecule has 0 bridgehead atoms. The number of rotatable bonds is 3. The van der Waals surface area contributed by atoms with E-state index >= 15 is 0 Å². The minimum Gasteiger partial charge on any atom is -0.466 e. The quantitative estimate of drug-likeness (QED) is 0.920. The number of morpholine rings is 1. The van der Waals surface area contributed by atoms with Gasteiger partial charge in [-0.2, -0.15) is 22.5 Å². The molecule has 0 aromatic carbocycles. The SMILES string of the molecule is CC1(C)CNCC(COc2nc(C(F)(F)F)ns2)O1. The highest BCUT2D eigenvalue weighted by atomic mass is 32.1. The van der Waals surface area contributed by atoms with Crippen molar-refractivity contribution in [3.63, 3.8) is 0 Å². The van der Waals surface area contributed by atoms with Gasteiger partial charge in [-0.15, -0.1) is 0 Å². The largest absolute Gasteiger partial charge is 0.466 e. The molecule has 1 aromatic heterocycles. The van der Waals surface area contributed by atoms with E-state index in [2.05, 4.69) is 14.7 Å². The minimum atomic E-state index is -4.54. The lowest BCUT2D eigenvalue weighted by Crippen LogP contribution is -2.52. The van der Waals surface area contributed by atoms with Gasteiger partial charge in [0, 0.05) is 24.6 Å². The molecular formula is C10H14F3N3O2S. The number of ether oxygens (including phenoxy) is 2. The van der Waals surface area contributed by atoms with Gasteiger partial charge in [0.15, 0.2) is 0 Å². The van der Waals surface area contributed by atoms with Crippen molar-refractivity contribution >= 4 is 11.5 Å². The summed E-state index contributed by atoms with van der Waals surface area (Å²) in [6.45, 7) is 5.32. The van der Waals surface area contributed by atoms with Gasteiger partial charge in [0.25, 0.3) is 11.0 Å². The van der Waals surface area contributed by atoms with Gasteiger partial charge in [0.05, 0.1) is 5.60 Å². The molecule has 19 heavy (non-hydrogen) atoms. The third kappa shape index (κ3) is 4.02. The molecule has 1 N–H and O–H groups in total. The van der Waals surface area contributed by atoms with Crippen LogP contribution in [0.5, 0.6) is 5.19 Å². The van der Waals surface area contributed by atoms with Crippen LogP contribution in [0.15, 0.2) is 0 Å². The monoisotopic (exact) mass is 297 g/mol. The fourth-order valence-electron chi connectivity index (χ4n) is 1.71. The third-order valence-electron chi connectivity index (χ3n) is 2.46. The molecule has 1 saturated heterocycles. The molecule has 1 fully saturated rings. The van der Waals surface area contributed by atoms with Gasteiger partial charge in [-0.05, 0) is 13.8 Å². The first kappa shape index (κ1) is 14.5. The van der Waals surface area contributed by atoms with Crippen LogP contribution in [-0.4, -0.2) is 40.8 Å². The molecule has 108 valence electrons. The van der Waals surface area contributed by atoms with Gasteiger partial charge >= 0.3 is 6.18 Å². The van der Waals surface area contributed by atoms with E-state index in [9.17, 15) is 13.2 Å². The lowest BCUT2D eigenvalue weighted by molar-refractivity contribution is -0.144. The third-order valence-corrected chi connectivity index (χ3v) is 3.09. The Hall–Kier alpha value is -0.930. The summed E-state index contributed by atoms with van der Waals surface area (Å²) in [6.07, 6.45) is -4.76. The number of halogens is 3. The van der Waals surface area contributed by atoms with Crippen LogP contribution in [0.2, 0.25) is 0 Å². The van der Waals surface area contributed by atoms with E-state index < -0.39 is 12.0 Å². The molecule has 0 aliphatic carbocycles. The van der Waals surface area contributed by atoms with Crippen LogP contribution in [-0.2, 0) is 10.9 Å². The number of aromatic nitrogens is 2. The highest BCUT2D eigenvalue weighted by Crippen LogP contribution is 2.29. The first-order chi connectivity index (χ1) is 8.76. The lowest BCUT2D eigenvalue weighted by Gasteiger charge is -2.36. The van der Waals surface area contributed by atoms with E-state index in [4.69, 9.17) is 9.47 Å². The van der Waals surface area contributed by atoms with Crippen LogP contribution < -0.4 is 10.1 Å². The molecule has 2 rings (SSSR count). The van der Waals surface area contributed by atoms with Crippen molar-refractivity contribution in [2.24, 2.45) is 0 Å². The maximum atomic E-state index is 12.3. The molecule has 0 amide bonds. The summed E-state index contributed by atoms with van der Waals surface area (Å²) < 4.78 is 51.0. The predicted octanol–water partition coefficient (Wildman–Crippen LogP) is 1.70. The lowest BCUT2D eigenvalue weighted by atomic mass is 10.1. The van der Waals surface area contributed by atoms with E-state index in [1.165, 1.54) is 0 Å². The fraction of sp³-hybridized carbons (Fsp3) is 0.800. The normalized spacial score (nSPS) is 23.3. The Morgan fingerprint density at radius 2 is 2.26 bits per heavy atom. The summed E-state index contributed by atoms with van der Waals surface area (Å²) in [5.74, 6) is -1.17. The molecule has 0 spiro atoms. The van der Waals surface area contributed by atoms with Crippen molar-refractivity contribution in [3.05, 3.63) is 5.82 Å². The summed E-state index contributed by atoms with van der Waals surface area (Å²) in [4.78, 5) is 3.29. The zero-order chi connectivity index (χ0) is 14.1. The molecular weight excluding hydrogens is 283 g/mol. The molecule has 0 saturated carbocycles. The van der Waals surface area contributed by atoms with Gasteiger partial charge in [-0.3, -0.25) is 0 Å². The van der Waals surface area contributed by atoms with Gasteiger partial charge in [0.2, 0.25) is 0 Å². The van der Waals surface area contributed by atoms with E-state index in [-0.39, 0.29) is 23.5 Å². The van der Waals surface area contributed by atoms with Crippen molar-refractivity contribution in [1.82, 2.24) is 14.7 Å². The average molecular weight is 297 g/mol. The van der Waals surface area contributed by atoms with E-state index in [0.29, 0.717) is 18.1 Å². The van der Waals surface area contributed by atoms with Crippen molar-refractivity contribution in [1.29, 1.82) is 0 Å². The zero-order valence-electron chi connectivity index (χ0n) is 10.5. The molecule has 1 aromatic rings. The topological polar surface area (TPSA) is 56.3 Å². The van der Waals surface area contributed by atoms with Crippen LogP contribution >= 0.6 is 11.5 Å². The smallest absolute Gasteiger partial charge is 0.452 e. The zero-order valence-corrected chi connectivity index (χ0v) is 11.3. The van der Waals surface area contributed by atoms with Gasteiger partial charge < -0.3 is 14.8 Å². The fourth-order valence-corrected chi connectivity index (χ4v) is 2.27. The molecule has 1 aliphatic rings. The Kier molecular flexibility index (Phi) is 3.98. The van der Waals surface area contributed by atoms with Gasteiger partial charge in [-0.25, -0.2) is 0 Å². The second kappa shape index (κ2) is 5.22. The molecule has 0 radical (unpaired) electrons. The van der Waals surface area contributed by atoms with Crippen LogP contribution in [0, 0.1) is 0 Å². The van der Waals surface area contributed by atoms with Crippen LogP contribution in [0.1, 0.15) is 19.7 Å². The Morgan fingerprint density at radius 3 is 2.84 bits per heavy atom. The van der Waals surface area contributed by atoms with Crippen molar-refractivity contribution in [3.8, 4) is 5.19 Å². The van der Waals surface area contributed by atoms with Crippen molar-refractivity contribution in [2.75, 3.05) is 19.7 Å². The highest BCUT2D eigenvalue weighted by Gasteiger charge is 2.36.